The van der Waals surface area contributed by atoms with Gasteiger partial charge in [0.1, 0.15) is 36.6 Å². The first-order valence-corrected chi connectivity index (χ1v) is 14.2. The number of allylic oxidation sites excluding steroid dienone is 5. The molecule has 11 atom stereocenters. The van der Waals surface area contributed by atoms with E-state index < -0.39 is 67.7 Å². The normalized spacial score (nSPS) is 43.9. The van der Waals surface area contributed by atoms with Crippen molar-refractivity contribution in [1.82, 2.24) is 0 Å². The summed E-state index contributed by atoms with van der Waals surface area (Å²) in [5, 5.41) is 60.7. The summed E-state index contributed by atoms with van der Waals surface area (Å²) < 4.78 is 22.8. The molecular formula is C30H44O11. The van der Waals surface area contributed by atoms with Gasteiger partial charge in [-0.2, -0.15) is 0 Å². The second-order valence-electron chi connectivity index (χ2n) is 10.6. The molecule has 41 heavy (non-hydrogen) atoms. The van der Waals surface area contributed by atoms with Gasteiger partial charge in [0.05, 0.1) is 31.0 Å². The Morgan fingerprint density at radius 1 is 0.878 bits per heavy atom. The van der Waals surface area contributed by atoms with Gasteiger partial charge in [0, 0.05) is 12.5 Å². The number of fused-ring (bicyclic) bond motifs is 2. The molecule has 2 fully saturated rings. The number of carbonyl (C=O) groups is 1. The molecule has 3 aliphatic heterocycles. The lowest BCUT2D eigenvalue weighted by Gasteiger charge is -2.40. The van der Waals surface area contributed by atoms with Crippen LogP contribution in [0.15, 0.2) is 60.8 Å². The Labute approximate surface area is 240 Å². The van der Waals surface area contributed by atoms with Gasteiger partial charge in [-0.3, -0.25) is 0 Å². The molecule has 0 amide bonds. The molecule has 2 bridgehead atoms. The summed E-state index contributed by atoms with van der Waals surface area (Å²) in [5.74, 6) is -0.474. The highest BCUT2D eigenvalue weighted by atomic mass is 16.7. The lowest BCUT2D eigenvalue weighted by atomic mass is 9.95. The van der Waals surface area contributed by atoms with E-state index in [9.17, 15) is 35.4 Å². The van der Waals surface area contributed by atoms with Crippen molar-refractivity contribution in [3.63, 3.8) is 0 Å². The molecule has 0 radical (unpaired) electrons. The van der Waals surface area contributed by atoms with Crippen molar-refractivity contribution >= 4 is 5.97 Å². The van der Waals surface area contributed by atoms with E-state index in [1.807, 2.05) is 19.1 Å². The maximum absolute atomic E-state index is 12.1. The minimum atomic E-state index is -1.56. The van der Waals surface area contributed by atoms with Gasteiger partial charge in [0.15, 0.2) is 6.29 Å². The van der Waals surface area contributed by atoms with E-state index in [0.717, 1.165) is 6.42 Å². The average Bonchev–Trinajstić information content (AvgIpc) is 2.94. The maximum Gasteiger partial charge on any atom is 0.331 e. The van der Waals surface area contributed by atoms with Crippen LogP contribution in [-0.2, 0) is 23.7 Å². The van der Waals surface area contributed by atoms with E-state index >= 15 is 0 Å². The molecule has 0 aromatic rings. The molecule has 2 saturated heterocycles. The van der Waals surface area contributed by atoms with Crippen LogP contribution < -0.4 is 0 Å². The van der Waals surface area contributed by atoms with Crippen molar-refractivity contribution in [1.29, 1.82) is 0 Å². The summed E-state index contributed by atoms with van der Waals surface area (Å²) in [6.45, 7) is 1.25. The van der Waals surface area contributed by atoms with Gasteiger partial charge in [0.2, 0.25) is 0 Å². The number of rotatable bonds is 3. The van der Waals surface area contributed by atoms with E-state index in [0.29, 0.717) is 32.1 Å². The summed E-state index contributed by atoms with van der Waals surface area (Å²) in [7, 11) is 0. The van der Waals surface area contributed by atoms with Gasteiger partial charge in [-0.1, -0.05) is 54.7 Å². The Balaban J connectivity index is 1.73. The molecule has 6 N–H and O–H groups in total. The molecule has 0 aromatic carbocycles. The predicted octanol–water partition coefficient (Wildman–Crippen LogP) is 0.728. The first-order chi connectivity index (χ1) is 19.7. The quantitative estimate of drug-likeness (QED) is 0.205. The van der Waals surface area contributed by atoms with Gasteiger partial charge >= 0.3 is 5.97 Å². The second kappa shape index (κ2) is 17.1. The van der Waals surface area contributed by atoms with E-state index in [1.54, 1.807) is 42.5 Å². The van der Waals surface area contributed by atoms with Crippen LogP contribution in [0.2, 0.25) is 0 Å². The number of carbonyl (C=O) groups excluding carboxylic acids is 1. The van der Waals surface area contributed by atoms with Crippen molar-refractivity contribution < 1.29 is 54.4 Å². The molecule has 0 saturated carbocycles. The zero-order chi connectivity index (χ0) is 29.8. The van der Waals surface area contributed by atoms with E-state index in [-0.39, 0.29) is 12.2 Å². The van der Waals surface area contributed by atoms with Crippen LogP contribution in [0.25, 0.3) is 0 Å². The van der Waals surface area contributed by atoms with Crippen molar-refractivity contribution in [2.24, 2.45) is 0 Å². The fourth-order valence-corrected chi connectivity index (χ4v) is 4.80. The van der Waals surface area contributed by atoms with Crippen LogP contribution in [0.1, 0.15) is 45.4 Å². The number of hydrogen-bond donors (Lipinski definition) is 6. The Hall–Kier alpha value is -2.19. The highest BCUT2D eigenvalue weighted by Gasteiger charge is 2.44. The second-order valence-corrected chi connectivity index (χ2v) is 10.6. The Bertz CT molecular complexity index is 943. The first kappa shape index (κ1) is 33.3. The summed E-state index contributed by atoms with van der Waals surface area (Å²) in [4.78, 5) is 12.1. The van der Waals surface area contributed by atoms with Crippen molar-refractivity contribution in [2.75, 3.05) is 6.61 Å². The zero-order valence-electron chi connectivity index (χ0n) is 23.3. The molecule has 0 aromatic heterocycles. The van der Waals surface area contributed by atoms with Gasteiger partial charge in [0.25, 0.3) is 0 Å². The third kappa shape index (κ3) is 10.5. The number of aliphatic hydroxyl groups is 6. The minimum absolute atomic E-state index is 0.279. The number of aliphatic hydroxyl groups excluding tert-OH is 6. The largest absolute Gasteiger partial charge is 0.460 e. The summed E-state index contributed by atoms with van der Waals surface area (Å²) in [6.07, 6.45) is 9.50. The lowest BCUT2D eigenvalue weighted by molar-refractivity contribution is -0.307. The number of esters is 1. The fourth-order valence-electron chi connectivity index (χ4n) is 4.80. The SMILES string of the molecule is CC1CCC/C=C/[C@@H]2O[C@@H](C/C=C\C=C\[C@H](O[C@@H]3O[C@H](CO)[C@@H](O)[C@H](O)[C@H]3O)C/C=C/C=C\C(=O)O1)C[C@@H](O)[C@H]2O. The van der Waals surface area contributed by atoms with Crippen LogP contribution >= 0.6 is 0 Å². The highest BCUT2D eigenvalue weighted by molar-refractivity contribution is 5.82. The molecule has 1 unspecified atom stereocenters. The number of hydrogen-bond acceptors (Lipinski definition) is 11. The minimum Gasteiger partial charge on any atom is -0.460 e. The standard InChI is InChI=1S/C30H44O11/c1-19-11-5-2-9-15-23-26(34)22(32)17-21(39-23)14-8-3-6-12-20(13-7-4-10-16-25(33)38-19)40-30-29(37)28(36)27(35)24(18-31)41-30/h3-4,6-10,12,15-16,19-24,26-32,34-37H,2,5,11,13-14,17-18H2,1H3/b7-4+,8-3-,12-6+,15-9+,16-10-/t19?,20-,21-,22+,23-,24+,26+,27+,28-,29+,30+/m0/s1. The number of ether oxygens (including phenoxy) is 4. The molecular weight excluding hydrogens is 536 g/mol. The third-order valence-corrected chi connectivity index (χ3v) is 7.19. The van der Waals surface area contributed by atoms with Gasteiger partial charge in [-0.25, -0.2) is 4.79 Å². The van der Waals surface area contributed by atoms with E-state index in [1.165, 1.54) is 6.08 Å². The van der Waals surface area contributed by atoms with Crippen molar-refractivity contribution in [3.05, 3.63) is 60.8 Å². The fraction of sp³-hybridized carbons (Fsp3) is 0.633. The molecule has 11 heteroatoms. The Morgan fingerprint density at radius 3 is 2.41 bits per heavy atom. The molecule has 11 nitrogen and oxygen atoms in total. The average molecular weight is 581 g/mol. The first-order valence-electron chi connectivity index (χ1n) is 14.2. The molecule has 3 aliphatic rings. The summed E-state index contributed by atoms with van der Waals surface area (Å²) in [6, 6.07) is 0. The molecule has 230 valence electrons. The maximum atomic E-state index is 12.1. The predicted molar refractivity (Wildman–Crippen MR) is 148 cm³/mol. The summed E-state index contributed by atoms with van der Waals surface area (Å²) >= 11 is 0. The van der Waals surface area contributed by atoms with Crippen LogP contribution in [0.3, 0.4) is 0 Å². The van der Waals surface area contributed by atoms with Gasteiger partial charge in [-0.15, -0.1) is 0 Å². The molecule has 3 heterocycles. The van der Waals surface area contributed by atoms with Crippen LogP contribution in [-0.4, -0.2) is 111 Å². The van der Waals surface area contributed by atoms with Gasteiger partial charge < -0.3 is 49.6 Å². The third-order valence-electron chi connectivity index (χ3n) is 7.19. The Morgan fingerprint density at radius 2 is 1.63 bits per heavy atom. The zero-order valence-corrected chi connectivity index (χ0v) is 23.3. The van der Waals surface area contributed by atoms with E-state index in [4.69, 9.17) is 18.9 Å². The van der Waals surface area contributed by atoms with Crippen LogP contribution in [0.4, 0.5) is 0 Å². The molecule has 0 spiro atoms. The number of cyclic esters (lactones) is 1. The highest BCUT2D eigenvalue weighted by Crippen LogP contribution is 2.25. The van der Waals surface area contributed by atoms with Crippen LogP contribution in [0.5, 0.6) is 0 Å². The lowest BCUT2D eigenvalue weighted by Crippen LogP contribution is -2.59. The molecule has 0 aliphatic carbocycles. The monoisotopic (exact) mass is 580 g/mol. The topological polar surface area (TPSA) is 175 Å². The van der Waals surface area contributed by atoms with Gasteiger partial charge in [-0.05, 0) is 39.0 Å². The van der Waals surface area contributed by atoms with Crippen molar-refractivity contribution in [3.8, 4) is 0 Å². The Kier molecular flexibility index (Phi) is 13.9. The van der Waals surface area contributed by atoms with Crippen molar-refractivity contribution in [2.45, 2.75) is 113 Å². The van der Waals surface area contributed by atoms with Crippen LogP contribution in [0, 0.1) is 0 Å². The summed E-state index contributed by atoms with van der Waals surface area (Å²) in [5.41, 5.74) is 0. The molecule has 3 rings (SSSR count). The van der Waals surface area contributed by atoms with E-state index in [2.05, 4.69) is 0 Å². The smallest absolute Gasteiger partial charge is 0.331 e.